The topological polar surface area (TPSA) is 51.0 Å². The zero-order valence-corrected chi connectivity index (χ0v) is 11.2. The maximum Gasteiger partial charge on any atom is 0.267 e. The summed E-state index contributed by atoms with van der Waals surface area (Å²) in [5.74, 6) is 1.09. The Bertz CT molecular complexity index is 692. The van der Waals surface area contributed by atoms with Crippen LogP contribution in [0.15, 0.2) is 59.1 Å². The molecule has 0 saturated carbocycles. The van der Waals surface area contributed by atoms with Crippen LogP contribution in [0.3, 0.4) is 0 Å². The van der Waals surface area contributed by atoms with Crippen LogP contribution in [0.5, 0.6) is 0 Å². The molecule has 3 rings (SSSR count). The first kappa shape index (κ1) is 12.4. The average molecular weight is 265 g/mol. The summed E-state index contributed by atoms with van der Waals surface area (Å²) >= 11 is 0. The summed E-state index contributed by atoms with van der Waals surface area (Å²) in [6.07, 6.45) is 0.642. The van der Waals surface area contributed by atoms with Crippen molar-refractivity contribution in [2.45, 2.75) is 13.3 Å². The van der Waals surface area contributed by atoms with Gasteiger partial charge in [-0.15, -0.1) is 0 Å². The Morgan fingerprint density at radius 3 is 2.55 bits per heavy atom. The second kappa shape index (κ2) is 5.57. The first-order chi connectivity index (χ1) is 9.81. The molecule has 0 radical (unpaired) electrons. The van der Waals surface area contributed by atoms with Crippen molar-refractivity contribution >= 4 is 11.6 Å². The number of aryl methyl sites for hydroxylation is 1. The standard InChI is InChI=1S/C16H15N3O/c1-12-7-5-6-10-14(12)17-16-18-15(20-19-16)11-13-8-3-2-4-9-13/h2-10H,11H2,1H3,(H,17,19). The number of benzene rings is 2. The van der Waals surface area contributed by atoms with Gasteiger partial charge in [0.15, 0.2) is 0 Å². The van der Waals surface area contributed by atoms with E-state index < -0.39 is 0 Å². The quantitative estimate of drug-likeness (QED) is 0.781. The Kier molecular flexibility index (Phi) is 3.46. The molecule has 2 aromatic carbocycles. The van der Waals surface area contributed by atoms with E-state index in [0.29, 0.717) is 18.3 Å². The van der Waals surface area contributed by atoms with E-state index >= 15 is 0 Å². The maximum atomic E-state index is 5.26. The summed E-state index contributed by atoms with van der Waals surface area (Å²) in [5, 5.41) is 7.11. The van der Waals surface area contributed by atoms with Crippen LogP contribution < -0.4 is 5.32 Å². The van der Waals surface area contributed by atoms with E-state index in [2.05, 4.69) is 15.5 Å². The largest absolute Gasteiger partial charge is 0.337 e. The van der Waals surface area contributed by atoms with Crippen molar-refractivity contribution in [3.63, 3.8) is 0 Å². The van der Waals surface area contributed by atoms with Crippen LogP contribution in [-0.4, -0.2) is 10.1 Å². The number of rotatable bonds is 4. The molecule has 100 valence electrons. The Labute approximate surface area is 117 Å². The van der Waals surface area contributed by atoms with E-state index in [4.69, 9.17) is 4.52 Å². The molecule has 3 aromatic rings. The third kappa shape index (κ3) is 2.85. The molecular formula is C16H15N3O. The molecule has 0 amide bonds. The van der Waals surface area contributed by atoms with Gasteiger partial charge in [0.05, 0.1) is 6.42 Å². The fourth-order valence-corrected chi connectivity index (χ4v) is 1.98. The van der Waals surface area contributed by atoms with Crippen molar-refractivity contribution < 1.29 is 4.52 Å². The minimum absolute atomic E-state index is 0.491. The molecule has 4 nitrogen and oxygen atoms in total. The number of nitrogens with one attached hydrogen (secondary N) is 1. The highest BCUT2D eigenvalue weighted by molar-refractivity contribution is 5.57. The first-order valence-corrected chi connectivity index (χ1v) is 6.50. The third-order valence-electron chi connectivity index (χ3n) is 3.06. The molecule has 0 fully saturated rings. The summed E-state index contributed by atoms with van der Waals surface area (Å²) < 4.78 is 5.26. The minimum atomic E-state index is 0.491. The van der Waals surface area contributed by atoms with Gasteiger partial charge in [-0.3, -0.25) is 0 Å². The number of anilines is 2. The highest BCUT2D eigenvalue weighted by Crippen LogP contribution is 2.18. The Balaban J connectivity index is 1.73. The lowest BCUT2D eigenvalue weighted by molar-refractivity contribution is 0.386. The minimum Gasteiger partial charge on any atom is -0.337 e. The summed E-state index contributed by atoms with van der Waals surface area (Å²) in [5.41, 5.74) is 3.28. The summed E-state index contributed by atoms with van der Waals surface area (Å²) in [6.45, 7) is 2.04. The molecule has 0 aliphatic carbocycles. The van der Waals surface area contributed by atoms with E-state index in [1.807, 2.05) is 61.5 Å². The van der Waals surface area contributed by atoms with Crippen LogP contribution in [0.1, 0.15) is 17.0 Å². The van der Waals surface area contributed by atoms with Gasteiger partial charge in [0.25, 0.3) is 5.95 Å². The average Bonchev–Trinajstić information content (AvgIpc) is 2.90. The van der Waals surface area contributed by atoms with Gasteiger partial charge >= 0.3 is 0 Å². The van der Waals surface area contributed by atoms with E-state index in [0.717, 1.165) is 16.8 Å². The molecule has 0 spiro atoms. The molecule has 0 saturated heterocycles. The van der Waals surface area contributed by atoms with Crippen LogP contribution in [-0.2, 0) is 6.42 Å². The van der Waals surface area contributed by atoms with Crippen molar-refractivity contribution in [1.29, 1.82) is 0 Å². The van der Waals surface area contributed by atoms with Crippen molar-refractivity contribution in [3.8, 4) is 0 Å². The highest BCUT2D eigenvalue weighted by Gasteiger charge is 2.07. The Morgan fingerprint density at radius 1 is 1.00 bits per heavy atom. The summed E-state index contributed by atoms with van der Waals surface area (Å²) in [4.78, 5) is 4.35. The number of hydrogen-bond acceptors (Lipinski definition) is 4. The van der Waals surface area contributed by atoms with Crippen molar-refractivity contribution in [1.82, 2.24) is 10.1 Å². The molecule has 20 heavy (non-hydrogen) atoms. The molecule has 0 bridgehead atoms. The fraction of sp³-hybridized carbons (Fsp3) is 0.125. The van der Waals surface area contributed by atoms with Crippen molar-refractivity contribution in [3.05, 3.63) is 71.6 Å². The lowest BCUT2D eigenvalue weighted by Crippen LogP contribution is -1.95. The van der Waals surface area contributed by atoms with Gasteiger partial charge in [-0.1, -0.05) is 48.5 Å². The van der Waals surface area contributed by atoms with Crippen LogP contribution in [0, 0.1) is 6.92 Å². The van der Waals surface area contributed by atoms with E-state index in [1.165, 1.54) is 0 Å². The number of nitrogens with zero attached hydrogens (tertiary/aromatic N) is 2. The SMILES string of the molecule is Cc1ccccc1Nc1noc(Cc2ccccc2)n1. The predicted molar refractivity (Wildman–Crippen MR) is 78.0 cm³/mol. The van der Waals surface area contributed by atoms with Gasteiger partial charge in [0, 0.05) is 5.69 Å². The molecule has 1 heterocycles. The molecule has 0 aliphatic rings. The van der Waals surface area contributed by atoms with Crippen molar-refractivity contribution in [2.24, 2.45) is 0 Å². The smallest absolute Gasteiger partial charge is 0.267 e. The van der Waals surface area contributed by atoms with Gasteiger partial charge in [0.1, 0.15) is 0 Å². The molecule has 4 heteroatoms. The zero-order chi connectivity index (χ0) is 13.8. The molecular weight excluding hydrogens is 250 g/mol. The van der Waals surface area contributed by atoms with Gasteiger partial charge in [-0.05, 0) is 29.3 Å². The summed E-state index contributed by atoms with van der Waals surface area (Å²) in [7, 11) is 0. The number of hydrogen-bond donors (Lipinski definition) is 1. The van der Waals surface area contributed by atoms with Crippen LogP contribution in [0.4, 0.5) is 11.6 Å². The lowest BCUT2D eigenvalue weighted by atomic mass is 10.1. The van der Waals surface area contributed by atoms with E-state index in [9.17, 15) is 0 Å². The predicted octanol–water partition coefficient (Wildman–Crippen LogP) is 3.71. The first-order valence-electron chi connectivity index (χ1n) is 6.50. The number of aromatic nitrogens is 2. The molecule has 0 aliphatic heterocycles. The van der Waals surface area contributed by atoms with Crippen molar-refractivity contribution in [2.75, 3.05) is 5.32 Å². The number of para-hydroxylation sites is 1. The van der Waals surface area contributed by atoms with Crippen LogP contribution >= 0.6 is 0 Å². The van der Waals surface area contributed by atoms with E-state index in [-0.39, 0.29) is 0 Å². The molecule has 1 N–H and O–H groups in total. The van der Waals surface area contributed by atoms with E-state index in [1.54, 1.807) is 0 Å². The zero-order valence-electron chi connectivity index (χ0n) is 11.2. The Morgan fingerprint density at radius 2 is 1.75 bits per heavy atom. The van der Waals surface area contributed by atoms with Crippen LogP contribution in [0.25, 0.3) is 0 Å². The molecule has 0 atom stereocenters. The van der Waals surface area contributed by atoms with Gasteiger partial charge < -0.3 is 9.84 Å². The second-order valence-corrected chi connectivity index (χ2v) is 4.61. The van der Waals surface area contributed by atoms with Gasteiger partial charge in [-0.25, -0.2) is 0 Å². The molecule has 1 aromatic heterocycles. The monoisotopic (exact) mass is 265 g/mol. The Hall–Kier alpha value is -2.62. The van der Waals surface area contributed by atoms with Gasteiger partial charge in [-0.2, -0.15) is 4.98 Å². The lowest BCUT2D eigenvalue weighted by Gasteiger charge is -2.03. The highest BCUT2D eigenvalue weighted by atomic mass is 16.5. The maximum absolute atomic E-state index is 5.26. The van der Waals surface area contributed by atoms with Crippen LogP contribution in [0.2, 0.25) is 0 Å². The fourth-order valence-electron chi connectivity index (χ4n) is 1.98. The normalized spacial score (nSPS) is 10.4. The van der Waals surface area contributed by atoms with Gasteiger partial charge in [0.2, 0.25) is 5.89 Å². The second-order valence-electron chi connectivity index (χ2n) is 4.61. The summed E-state index contributed by atoms with van der Waals surface area (Å²) in [6, 6.07) is 18.1. The third-order valence-corrected chi connectivity index (χ3v) is 3.06. The molecule has 0 unspecified atom stereocenters.